The van der Waals surface area contributed by atoms with Crippen molar-refractivity contribution in [2.24, 2.45) is 5.92 Å². The molecule has 1 fully saturated rings. The molecule has 3 heterocycles. The minimum atomic E-state index is -0.182. The average molecular weight is 453 g/mol. The second-order valence-corrected chi connectivity index (χ2v) is 8.17. The minimum Gasteiger partial charge on any atom is -0.454 e. The molecular weight excluding hydrogens is 432 g/mol. The zero-order chi connectivity index (χ0) is 22.1. The maximum Gasteiger partial charge on any atom is 0.289 e. The summed E-state index contributed by atoms with van der Waals surface area (Å²) in [6.45, 7) is 1.16. The van der Waals surface area contributed by atoms with Crippen LogP contribution in [-0.4, -0.2) is 36.6 Å². The summed E-state index contributed by atoms with van der Waals surface area (Å²) in [6.07, 6.45) is 1.17. The van der Waals surface area contributed by atoms with Gasteiger partial charge in [-0.05, 0) is 49.2 Å². The number of hydrogen-bond donors (Lipinski definition) is 1. The second kappa shape index (κ2) is 8.59. The number of benzene rings is 2. The van der Waals surface area contributed by atoms with Crippen LogP contribution in [0.15, 0.2) is 59.0 Å². The molecule has 0 atom stereocenters. The predicted molar refractivity (Wildman–Crippen MR) is 119 cm³/mol. The van der Waals surface area contributed by atoms with Crippen LogP contribution in [-0.2, 0) is 4.79 Å². The monoisotopic (exact) mass is 452 g/mol. The molecule has 0 unspecified atom stereocenters. The number of carbonyl (C=O) groups is 2. The topological polar surface area (TPSA) is 81.0 Å². The van der Waals surface area contributed by atoms with Gasteiger partial charge < -0.3 is 24.1 Å². The van der Waals surface area contributed by atoms with Gasteiger partial charge in [0.25, 0.3) is 5.91 Å². The van der Waals surface area contributed by atoms with Gasteiger partial charge in [-0.15, -0.1) is 0 Å². The Hall–Kier alpha value is -3.45. The lowest BCUT2D eigenvalue weighted by atomic mass is 9.95. The normalized spacial score (nSPS) is 15.6. The third kappa shape index (κ3) is 4.03. The van der Waals surface area contributed by atoms with Crippen molar-refractivity contribution in [3.63, 3.8) is 0 Å². The van der Waals surface area contributed by atoms with E-state index in [0.717, 1.165) is 5.56 Å². The highest BCUT2D eigenvalue weighted by atomic mass is 35.5. The zero-order valence-corrected chi connectivity index (χ0v) is 17.9. The Morgan fingerprint density at radius 2 is 1.75 bits per heavy atom. The number of furan rings is 1. The van der Waals surface area contributed by atoms with Crippen LogP contribution >= 0.6 is 11.6 Å². The fraction of sp³-hybridized carbons (Fsp3) is 0.250. The molecule has 1 N–H and O–H groups in total. The molecule has 2 aliphatic heterocycles. The summed E-state index contributed by atoms with van der Waals surface area (Å²) in [6, 6.07) is 16.1. The van der Waals surface area contributed by atoms with Crippen molar-refractivity contribution in [3.8, 4) is 22.8 Å². The number of nitrogens with one attached hydrogen (secondary N) is 1. The number of halogens is 1. The minimum absolute atomic E-state index is 0.0602. The number of rotatable bonds is 4. The SMILES string of the molecule is O=C(Nc1ccc2c(c1)OCO2)C1CCN(C(=O)c2ccc(-c3ccccc3Cl)o2)CC1. The van der Waals surface area contributed by atoms with Crippen molar-refractivity contribution < 1.29 is 23.5 Å². The van der Waals surface area contributed by atoms with Crippen LogP contribution in [0.2, 0.25) is 5.02 Å². The van der Waals surface area contributed by atoms with Gasteiger partial charge in [0.1, 0.15) is 5.76 Å². The number of nitrogens with zero attached hydrogens (tertiary/aromatic N) is 1. The lowest BCUT2D eigenvalue weighted by Crippen LogP contribution is -2.41. The van der Waals surface area contributed by atoms with Crippen molar-refractivity contribution >= 4 is 29.1 Å². The molecule has 0 saturated carbocycles. The smallest absolute Gasteiger partial charge is 0.289 e. The van der Waals surface area contributed by atoms with Crippen LogP contribution in [0.4, 0.5) is 5.69 Å². The first-order valence-corrected chi connectivity index (χ1v) is 10.8. The quantitative estimate of drug-likeness (QED) is 0.613. The number of carbonyl (C=O) groups excluding carboxylic acids is 2. The van der Waals surface area contributed by atoms with E-state index in [2.05, 4.69) is 5.32 Å². The van der Waals surface area contributed by atoms with Crippen LogP contribution in [0.5, 0.6) is 11.5 Å². The molecule has 2 amide bonds. The first-order valence-electron chi connectivity index (χ1n) is 10.4. The van der Waals surface area contributed by atoms with Crippen LogP contribution in [0.1, 0.15) is 23.4 Å². The molecular formula is C24H21ClN2O5. The van der Waals surface area contributed by atoms with Crippen LogP contribution in [0, 0.1) is 5.92 Å². The van der Waals surface area contributed by atoms with E-state index in [1.165, 1.54) is 0 Å². The molecule has 3 aromatic rings. The van der Waals surface area contributed by atoms with E-state index in [0.29, 0.717) is 53.9 Å². The number of likely N-dealkylation sites (tertiary alicyclic amines) is 1. The van der Waals surface area contributed by atoms with Crippen molar-refractivity contribution in [2.45, 2.75) is 12.8 Å². The Bertz CT molecular complexity index is 1170. The van der Waals surface area contributed by atoms with E-state index >= 15 is 0 Å². The van der Waals surface area contributed by atoms with E-state index < -0.39 is 0 Å². The standard InChI is InChI=1S/C24H21ClN2O5/c25-18-4-2-1-3-17(18)19-7-8-21(32-19)24(29)27-11-9-15(10-12-27)23(28)26-16-5-6-20-22(13-16)31-14-30-20/h1-8,13,15H,9-12,14H2,(H,26,28). The fourth-order valence-corrected chi connectivity index (χ4v) is 4.21. The molecule has 7 nitrogen and oxygen atoms in total. The molecule has 32 heavy (non-hydrogen) atoms. The average Bonchev–Trinajstić information content (AvgIpc) is 3.48. The number of piperidine rings is 1. The molecule has 0 radical (unpaired) electrons. The highest BCUT2D eigenvalue weighted by Gasteiger charge is 2.29. The van der Waals surface area contributed by atoms with Gasteiger partial charge in [-0.3, -0.25) is 9.59 Å². The number of ether oxygens (including phenoxy) is 2. The van der Waals surface area contributed by atoms with Gasteiger partial charge in [0.2, 0.25) is 12.7 Å². The molecule has 0 bridgehead atoms. The Kier molecular flexibility index (Phi) is 5.49. The van der Waals surface area contributed by atoms with Crippen molar-refractivity contribution in [1.29, 1.82) is 0 Å². The summed E-state index contributed by atoms with van der Waals surface area (Å²) in [5, 5.41) is 3.50. The summed E-state index contributed by atoms with van der Waals surface area (Å²) < 4.78 is 16.4. The van der Waals surface area contributed by atoms with Crippen molar-refractivity contribution in [3.05, 3.63) is 65.4 Å². The Morgan fingerprint density at radius 1 is 0.969 bits per heavy atom. The summed E-state index contributed by atoms with van der Waals surface area (Å²) in [4.78, 5) is 27.3. The molecule has 164 valence electrons. The molecule has 1 aromatic heterocycles. The Morgan fingerprint density at radius 3 is 2.56 bits per heavy atom. The van der Waals surface area contributed by atoms with Gasteiger partial charge in [0, 0.05) is 36.3 Å². The maximum absolute atomic E-state index is 12.9. The van der Waals surface area contributed by atoms with E-state index in [4.69, 9.17) is 25.5 Å². The van der Waals surface area contributed by atoms with Crippen molar-refractivity contribution in [2.75, 3.05) is 25.2 Å². The second-order valence-electron chi connectivity index (χ2n) is 7.77. The Balaban J connectivity index is 1.18. The van der Waals surface area contributed by atoms with Crippen LogP contribution < -0.4 is 14.8 Å². The van der Waals surface area contributed by atoms with E-state index in [1.807, 2.05) is 18.2 Å². The number of anilines is 1. The zero-order valence-electron chi connectivity index (χ0n) is 17.2. The Labute approximate surface area is 189 Å². The van der Waals surface area contributed by atoms with E-state index in [9.17, 15) is 9.59 Å². The molecule has 2 aromatic carbocycles. The third-order valence-corrected chi connectivity index (χ3v) is 6.08. The third-order valence-electron chi connectivity index (χ3n) is 5.75. The van der Waals surface area contributed by atoms with Gasteiger partial charge in [-0.25, -0.2) is 0 Å². The van der Waals surface area contributed by atoms with E-state index in [-0.39, 0.29) is 30.3 Å². The summed E-state index contributed by atoms with van der Waals surface area (Å²) in [5.74, 6) is 1.70. The van der Waals surface area contributed by atoms with Gasteiger partial charge in [0.15, 0.2) is 17.3 Å². The first-order chi connectivity index (χ1) is 15.6. The predicted octanol–water partition coefficient (Wildman–Crippen LogP) is 4.82. The molecule has 2 aliphatic rings. The summed E-state index contributed by atoms with van der Waals surface area (Å²) in [5.41, 5.74) is 1.41. The summed E-state index contributed by atoms with van der Waals surface area (Å²) >= 11 is 6.22. The van der Waals surface area contributed by atoms with Crippen molar-refractivity contribution in [1.82, 2.24) is 4.90 Å². The summed E-state index contributed by atoms with van der Waals surface area (Å²) in [7, 11) is 0. The molecule has 1 saturated heterocycles. The molecule has 0 spiro atoms. The first kappa shape index (κ1) is 20.5. The largest absolute Gasteiger partial charge is 0.454 e. The van der Waals surface area contributed by atoms with Gasteiger partial charge in [-0.2, -0.15) is 0 Å². The molecule has 5 rings (SSSR count). The van der Waals surface area contributed by atoms with Gasteiger partial charge in [-0.1, -0.05) is 23.7 Å². The lowest BCUT2D eigenvalue weighted by Gasteiger charge is -2.30. The van der Waals surface area contributed by atoms with E-state index in [1.54, 1.807) is 41.3 Å². The van der Waals surface area contributed by atoms with Crippen LogP contribution in [0.3, 0.4) is 0 Å². The van der Waals surface area contributed by atoms with Gasteiger partial charge in [0.05, 0.1) is 5.02 Å². The molecule has 8 heteroatoms. The van der Waals surface area contributed by atoms with Gasteiger partial charge >= 0.3 is 0 Å². The molecule has 0 aliphatic carbocycles. The highest BCUT2D eigenvalue weighted by molar-refractivity contribution is 6.33. The maximum atomic E-state index is 12.9. The lowest BCUT2D eigenvalue weighted by molar-refractivity contribution is -0.121. The fourth-order valence-electron chi connectivity index (χ4n) is 3.98. The number of amides is 2. The van der Waals surface area contributed by atoms with Crippen LogP contribution in [0.25, 0.3) is 11.3 Å². The highest BCUT2D eigenvalue weighted by Crippen LogP contribution is 2.35. The number of hydrogen-bond acceptors (Lipinski definition) is 5. The number of fused-ring (bicyclic) bond motifs is 1.